The molecule has 0 atom stereocenters. The van der Waals surface area contributed by atoms with E-state index in [-0.39, 0.29) is 0 Å². The fourth-order valence-corrected chi connectivity index (χ4v) is 0.820. The summed E-state index contributed by atoms with van der Waals surface area (Å²) in [6.07, 6.45) is 8.32. The molecule has 54 valence electrons. The highest BCUT2D eigenvalue weighted by atomic mass is 14.2. The van der Waals surface area contributed by atoms with Gasteiger partial charge in [0.15, 0.2) is 0 Å². The van der Waals surface area contributed by atoms with Crippen LogP contribution in [0.1, 0.15) is 13.3 Å². The minimum Gasteiger partial charge on any atom is -0.192 e. The first kappa shape index (κ1) is 7.60. The molecule has 0 N–H and O–H groups in total. The monoisotopic (exact) mass is 143 g/mol. The van der Waals surface area contributed by atoms with Crippen LogP contribution in [0.15, 0.2) is 41.2 Å². The van der Waals surface area contributed by atoms with Gasteiger partial charge < -0.3 is 0 Å². The van der Waals surface area contributed by atoms with E-state index in [0.717, 1.165) is 17.6 Å². The summed E-state index contributed by atoms with van der Waals surface area (Å²) in [5.41, 5.74) is 4.87. The molecule has 0 bridgehead atoms. The first-order valence-corrected chi connectivity index (χ1v) is 3.53. The van der Waals surface area contributed by atoms with Gasteiger partial charge in [-0.15, -0.1) is 5.73 Å². The van der Waals surface area contributed by atoms with Crippen LogP contribution >= 0.6 is 0 Å². The number of hydrogen-bond donors (Lipinski definition) is 0. The van der Waals surface area contributed by atoms with Crippen molar-refractivity contribution in [2.75, 3.05) is 0 Å². The van der Waals surface area contributed by atoms with Crippen LogP contribution in [-0.2, 0) is 0 Å². The third-order valence-corrected chi connectivity index (χ3v) is 1.43. The Morgan fingerprint density at radius 2 is 2.36 bits per heavy atom. The van der Waals surface area contributed by atoms with Crippen LogP contribution < -0.4 is 0 Å². The number of nitriles is 1. The quantitative estimate of drug-likeness (QED) is 0.478. The van der Waals surface area contributed by atoms with Crippen LogP contribution in [-0.4, -0.2) is 0 Å². The molecular formula is C10H9N. The van der Waals surface area contributed by atoms with E-state index in [1.807, 2.05) is 31.2 Å². The SMILES string of the molecule is CC1=C=CC/C=C(C#N)\C=C/1. The summed E-state index contributed by atoms with van der Waals surface area (Å²) in [5, 5.41) is 8.58. The average Bonchev–Trinajstić information content (AvgIpc) is 1.98. The Kier molecular flexibility index (Phi) is 2.49. The zero-order valence-electron chi connectivity index (χ0n) is 6.46. The van der Waals surface area contributed by atoms with Crippen LogP contribution in [0.2, 0.25) is 0 Å². The summed E-state index contributed by atoms with van der Waals surface area (Å²) in [4.78, 5) is 0. The fraction of sp³-hybridized carbons (Fsp3) is 0.200. The molecule has 0 fully saturated rings. The third-order valence-electron chi connectivity index (χ3n) is 1.43. The van der Waals surface area contributed by atoms with Gasteiger partial charge in [0, 0.05) is 5.57 Å². The molecule has 0 amide bonds. The predicted octanol–water partition coefficient (Wildman–Crippen LogP) is 2.50. The maximum absolute atomic E-state index is 8.58. The highest BCUT2D eigenvalue weighted by molar-refractivity contribution is 5.37. The molecule has 11 heavy (non-hydrogen) atoms. The Morgan fingerprint density at radius 3 is 3.09 bits per heavy atom. The second-order valence-electron chi connectivity index (χ2n) is 2.37. The smallest absolute Gasteiger partial charge is 0.0988 e. The lowest BCUT2D eigenvalue weighted by molar-refractivity contribution is 1.34. The van der Waals surface area contributed by atoms with Gasteiger partial charge in [-0.05, 0) is 31.1 Å². The van der Waals surface area contributed by atoms with Crippen LogP contribution in [0.3, 0.4) is 0 Å². The predicted molar refractivity (Wildman–Crippen MR) is 44.7 cm³/mol. The van der Waals surface area contributed by atoms with Gasteiger partial charge in [0.05, 0.1) is 6.07 Å². The van der Waals surface area contributed by atoms with Crippen molar-refractivity contribution >= 4 is 0 Å². The highest BCUT2D eigenvalue weighted by Gasteiger charge is 1.89. The topological polar surface area (TPSA) is 23.8 Å². The zero-order chi connectivity index (χ0) is 8.10. The average molecular weight is 143 g/mol. The molecule has 0 aromatic carbocycles. The maximum Gasteiger partial charge on any atom is 0.0988 e. The molecule has 0 heterocycles. The van der Waals surface area contributed by atoms with E-state index in [0.29, 0.717) is 0 Å². The third kappa shape index (κ3) is 2.29. The molecule has 1 aliphatic carbocycles. The summed E-state index contributed by atoms with van der Waals surface area (Å²) in [5.74, 6) is 0. The molecule has 0 unspecified atom stereocenters. The lowest BCUT2D eigenvalue weighted by atomic mass is 10.1. The van der Waals surface area contributed by atoms with Crippen molar-refractivity contribution in [3.05, 3.63) is 41.2 Å². The molecule has 1 nitrogen and oxygen atoms in total. The van der Waals surface area contributed by atoms with Gasteiger partial charge >= 0.3 is 0 Å². The van der Waals surface area contributed by atoms with Gasteiger partial charge in [0.1, 0.15) is 0 Å². The van der Waals surface area contributed by atoms with Gasteiger partial charge in [-0.1, -0.05) is 12.2 Å². The molecule has 0 spiro atoms. The molecule has 0 saturated carbocycles. The molecule has 1 rings (SSSR count). The Bertz CT molecular complexity index is 304. The number of hydrogen-bond acceptors (Lipinski definition) is 1. The lowest BCUT2D eigenvalue weighted by Gasteiger charge is -1.91. The van der Waals surface area contributed by atoms with Gasteiger partial charge in [0.25, 0.3) is 0 Å². The van der Waals surface area contributed by atoms with E-state index >= 15 is 0 Å². The summed E-state index contributed by atoms with van der Waals surface area (Å²) in [6.45, 7) is 1.97. The Balaban J connectivity index is 2.92. The molecule has 0 radical (unpaired) electrons. The van der Waals surface area contributed by atoms with Crippen LogP contribution in [0.25, 0.3) is 0 Å². The van der Waals surface area contributed by atoms with Crippen molar-refractivity contribution in [1.29, 1.82) is 5.26 Å². The summed E-state index contributed by atoms with van der Waals surface area (Å²) in [7, 11) is 0. The molecule has 1 aliphatic rings. The zero-order valence-corrected chi connectivity index (χ0v) is 6.46. The van der Waals surface area contributed by atoms with Crippen molar-refractivity contribution in [1.82, 2.24) is 0 Å². The molecular weight excluding hydrogens is 134 g/mol. The van der Waals surface area contributed by atoms with E-state index in [9.17, 15) is 0 Å². The molecule has 1 heteroatoms. The van der Waals surface area contributed by atoms with E-state index in [1.165, 1.54) is 0 Å². The number of nitrogens with zero attached hydrogens (tertiary/aromatic N) is 1. The van der Waals surface area contributed by atoms with Crippen LogP contribution in [0.5, 0.6) is 0 Å². The van der Waals surface area contributed by atoms with E-state index in [2.05, 4.69) is 11.8 Å². The Hall–Kier alpha value is -1.51. The van der Waals surface area contributed by atoms with E-state index < -0.39 is 0 Å². The first-order valence-electron chi connectivity index (χ1n) is 3.53. The van der Waals surface area contributed by atoms with Crippen LogP contribution in [0.4, 0.5) is 0 Å². The summed E-state index contributed by atoms with van der Waals surface area (Å²) in [6, 6.07) is 2.11. The van der Waals surface area contributed by atoms with Crippen molar-refractivity contribution in [2.24, 2.45) is 0 Å². The number of allylic oxidation sites excluding steroid dienone is 5. The van der Waals surface area contributed by atoms with E-state index in [1.54, 1.807) is 0 Å². The Labute approximate surface area is 66.7 Å². The maximum atomic E-state index is 8.58. The fourth-order valence-electron chi connectivity index (χ4n) is 0.820. The van der Waals surface area contributed by atoms with Gasteiger partial charge in [-0.3, -0.25) is 0 Å². The standard InChI is InChI=1S/C10H9N/c1-9-4-2-3-5-10(8-11)7-6-9/h2,5-7H,3H2,1H3/b7-6-,10-5+. The lowest BCUT2D eigenvalue weighted by Crippen LogP contribution is -1.75. The summed E-state index contributed by atoms with van der Waals surface area (Å²) < 4.78 is 0. The molecule has 0 aromatic rings. The molecule has 0 aromatic heterocycles. The van der Waals surface area contributed by atoms with Crippen molar-refractivity contribution in [2.45, 2.75) is 13.3 Å². The van der Waals surface area contributed by atoms with Crippen LogP contribution in [0, 0.1) is 11.3 Å². The normalized spacial score (nSPS) is 23.6. The van der Waals surface area contributed by atoms with Crippen molar-refractivity contribution in [3.63, 3.8) is 0 Å². The summed E-state index contributed by atoms with van der Waals surface area (Å²) >= 11 is 0. The highest BCUT2D eigenvalue weighted by Crippen LogP contribution is 2.04. The van der Waals surface area contributed by atoms with Gasteiger partial charge in [-0.2, -0.15) is 5.26 Å². The van der Waals surface area contributed by atoms with Crippen molar-refractivity contribution < 1.29 is 0 Å². The van der Waals surface area contributed by atoms with E-state index in [4.69, 9.17) is 5.26 Å². The first-order chi connectivity index (χ1) is 5.33. The van der Waals surface area contributed by atoms with Gasteiger partial charge in [0.2, 0.25) is 0 Å². The largest absolute Gasteiger partial charge is 0.192 e. The minimum atomic E-state index is 0.724. The molecule has 0 aliphatic heterocycles. The Morgan fingerprint density at radius 1 is 1.55 bits per heavy atom. The van der Waals surface area contributed by atoms with Gasteiger partial charge in [-0.25, -0.2) is 0 Å². The molecule has 0 saturated heterocycles. The van der Waals surface area contributed by atoms with Crippen molar-refractivity contribution in [3.8, 4) is 6.07 Å². The number of rotatable bonds is 0. The minimum absolute atomic E-state index is 0.724. The second-order valence-corrected chi connectivity index (χ2v) is 2.37. The second kappa shape index (κ2) is 3.61.